The van der Waals surface area contributed by atoms with E-state index in [0.29, 0.717) is 13.1 Å². The molecule has 0 atom stereocenters. The number of nitrogens with one attached hydrogen (secondary N) is 1. The predicted molar refractivity (Wildman–Crippen MR) is 69.5 cm³/mol. The van der Waals surface area contributed by atoms with Gasteiger partial charge >= 0.3 is 0 Å². The van der Waals surface area contributed by atoms with Crippen LogP contribution in [0.25, 0.3) is 0 Å². The van der Waals surface area contributed by atoms with Crippen molar-refractivity contribution in [3.05, 3.63) is 28.6 Å². The minimum atomic E-state index is 0.582. The molecule has 2 rings (SSSR count). The summed E-state index contributed by atoms with van der Waals surface area (Å²) in [5.74, 6) is 0.770. The Morgan fingerprint density at radius 2 is 2.17 bits per heavy atom. The molecule has 0 radical (unpaired) electrons. The van der Waals surface area contributed by atoms with Crippen LogP contribution in [0.15, 0.2) is 6.33 Å². The molecule has 0 saturated heterocycles. The van der Waals surface area contributed by atoms with Gasteiger partial charge < -0.3 is 5.32 Å². The van der Waals surface area contributed by atoms with Gasteiger partial charge in [0.1, 0.15) is 6.33 Å². The number of rotatable bonds is 5. The minimum Gasteiger partial charge on any atom is -0.313 e. The molecule has 2 aromatic rings. The predicted octanol–water partition coefficient (Wildman–Crippen LogP) is 0.995. The monoisotopic (exact) mass is 268 g/mol. The van der Waals surface area contributed by atoms with Crippen molar-refractivity contribution in [2.24, 2.45) is 7.05 Å². The first-order valence-corrected chi connectivity index (χ1v) is 6.26. The Labute approximate surface area is 111 Å². The summed E-state index contributed by atoms with van der Waals surface area (Å²) >= 11 is 6.29. The van der Waals surface area contributed by atoms with Gasteiger partial charge in [-0.3, -0.25) is 4.68 Å². The van der Waals surface area contributed by atoms with Crippen molar-refractivity contribution in [3.63, 3.8) is 0 Å². The summed E-state index contributed by atoms with van der Waals surface area (Å²) in [4.78, 5) is 4.20. The maximum absolute atomic E-state index is 6.29. The van der Waals surface area contributed by atoms with Crippen LogP contribution in [0.4, 0.5) is 0 Å². The molecule has 1 N–H and O–H groups in total. The highest BCUT2D eigenvalue weighted by Gasteiger charge is 2.13. The smallest absolute Gasteiger partial charge is 0.164 e. The molecule has 0 fully saturated rings. The molecule has 0 aliphatic rings. The van der Waals surface area contributed by atoms with Crippen molar-refractivity contribution < 1.29 is 0 Å². The molecule has 7 heteroatoms. The fraction of sp³-hybridized carbons (Fsp3) is 0.545. The third-order valence-corrected chi connectivity index (χ3v) is 3.17. The van der Waals surface area contributed by atoms with E-state index in [1.807, 2.05) is 21.0 Å². The fourth-order valence-electron chi connectivity index (χ4n) is 1.79. The zero-order valence-electron chi connectivity index (χ0n) is 10.8. The van der Waals surface area contributed by atoms with Crippen molar-refractivity contribution in [1.82, 2.24) is 29.9 Å². The van der Waals surface area contributed by atoms with Gasteiger partial charge in [-0.05, 0) is 13.5 Å². The Morgan fingerprint density at radius 3 is 2.78 bits per heavy atom. The van der Waals surface area contributed by atoms with E-state index in [-0.39, 0.29) is 0 Å². The van der Waals surface area contributed by atoms with Crippen LogP contribution < -0.4 is 5.32 Å². The van der Waals surface area contributed by atoms with Crippen LogP contribution >= 0.6 is 11.6 Å². The lowest BCUT2D eigenvalue weighted by molar-refractivity contribution is 0.607. The Morgan fingerprint density at radius 1 is 1.39 bits per heavy atom. The van der Waals surface area contributed by atoms with Gasteiger partial charge in [0.2, 0.25) is 0 Å². The normalized spacial score (nSPS) is 11.1. The highest BCUT2D eigenvalue weighted by atomic mass is 35.5. The van der Waals surface area contributed by atoms with Gasteiger partial charge in [0, 0.05) is 7.05 Å². The second-order valence-electron chi connectivity index (χ2n) is 4.07. The third kappa shape index (κ3) is 2.54. The van der Waals surface area contributed by atoms with Gasteiger partial charge in [-0.2, -0.15) is 10.2 Å². The molecule has 0 spiro atoms. The zero-order chi connectivity index (χ0) is 13.1. The summed E-state index contributed by atoms with van der Waals surface area (Å²) in [6.07, 6.45) is 2.54. The van der Waals surface area contributed by atoms with Crippen molar-refractivity contribution in [1.29, 1.82) is 0 Å². The van der Waals surface area contributed by atoms with Gasteiger partial charge in [-0.25, -0.2) is 9.67 Å². The molecule has 0 bridgehead atoms. The summed E-state index contributed by atoms with van der Waals surface area (Å²) in [6.45, 7) is 3.28. The molecule has 0 aliphatic carbocycles. The van der Waals surface area contributed by atoms with Crippen LogP contribution in [0.2, 0.25) is 5.02 Å². The molecular formula is C11H17ClN6. The SMILES string of the molecule is CCc1nn(C)c(Cn2cnc(CNC)n2)c1Cl. The zero-order valence-corrected chi connectivity index (χ0v) is 11.6. The van der Waals surface area contributed by atoms with Gasteiger partial charge in [0.15, 0.2) is 5.82 Å². The third-order valence-electron chi connectivity index (χ3n) is 2.73. The summed E-state index contributed by atoms with van der Waals surface area (Å²) in [5.41, 5.74) is 1.87. The van der Waals surface area contributed by atoms with Crippen molar-refractivity contribution in [2.75, 3.05) is 7.05 Å². The van der Waals surface area contributed by atoms with E-state index in [4.69, 9.17) is 11.6 Å². The van der Waals surface area contributed by atoms with Gasteiger partial charge in [0.25, 0.3) is 0 Å². The number of aromatic nitrogens is 5. The average molecular weight is 269 g/mol. The maximum Gasteiger partial charge on any atom is 0.164 e. The van der Waals surface area contributed by atoms with E-state index < -0.39 is 0 Å². The molecule has 18 heavy (non-hydrogen) atoms. The first kappa shape index (κ1) is 13.0. The average Bonchev–Trinajstić information content (AvgIpc) is 2.89. The second-order valence-corrected chi connectivity index (χ2v) is 4.45. The standard InChI is InChI=1S/C11H17ClN6/c1-4-8-11(12)9(17(3)15-8)6-18-7-14-10(16-18)5-13-2/h7,13H,4-6H2,1-3H3. The number of aryl methyl sites for hydroxylation is 2. The van der Waals surface area contributed by atoms with E-state index in [1.54, 1.807) is 15.7 Å². The maximum atomic E-state index is 6.29. The lowest BCUT2D eigenvalue weighted by Crippen LogP contribution is -2.09. The number of halogens is 1. The molecule has 0 amide bonds. The largest absolute Gasteiger partial charge is 0.313 e. The summed E-state index contributed by atoms with van der Waals surface area (Å²) in [5, 5.41) is 12.5. The Balaban J connectivity index is 2.20. The van der Waals surface area contributed by atoms with E-state index >= 15 is 0 Å². The van der Waals surface area contributed by atoms with E-state index in [1.165, 1.54) is 0 Å². The quantitative estimate of drug-likeness (QED) is 0.879. The first-order chi connectivity index (χ1) is 8.65. The summed E-state index contributed by atoms with van der Waals surface area (Å²) < 4.78 is 3.58. The topological polar surface area (TPSA) is 60.6 Å². The Bertz CT molecular complexity index is 530. The fourth-order valence-corrected chi connectivity index (χ4v) is 2.15. The molecule has 0 unspecified atom stereocenters. The molecular weight excluding hydrogens is 252 g/mol. The molecule has 2 heterocycles. The van der Waals surface area contributed by atoms with Gasteiger partial charge in [-0.15, -0.1) is 0 Å². The number of hydrogen-bond acceptors (Lipinski definition) is 4. The molecule has 0 aromatic carbocycles. The van der Waals surface area contributed by atoms with Crippen molar-refractivity contribution >= 4 is 11.6 Å². The Hall–Kier alpha value is -1.40. The number of hydrogen-bond donors (Lipinski definition) is 1. The minimum absolute atomic E-state index is 0.582. The highest BCUT2D eigenvalue weighted by molar-refractivity contribution is 6.31. The van der Waals surface area contributed by atoms with Crippen molar-refractivity contribution in [3.8, 4) is 0 Å². The second kappa shape index (κ2) is 5.49. The number of nitrogens with zero attached hydrogens (tertiary/aromatic N) is 5. The molecule has 0 saturated carbocycles. The van der Waals surface area contributed by atoms with Gasteiger partial charge in [-0.1, -0.05) is 18.5 Å². The lowest BCUT2D eigenvalue weighted by atomic mass is 10.3. The molecule has 0 aliphatic heterocycles. The highest BCUT2D eigenvalue weighted by Crippen LogP contribution is 2.21. The first-order valence-electron chi connectivity index (χ1n) is 5.88. The molecule has 2 aromatic heterocycles. The Kier molecular flexibility index (Phi) is 3.98. The lowest BCUT2D eigenvalue weighted by Gasteiger charge is -2.02. The van der Waals surface area contributed by atoms with E-state index in [9.17, 15) is 0 Å². The van der Waals surface area contributed by atoms with Crippen LogP contribution in [0.3, 0.4) is 0 Å². The van der Waals surface area contributed by atoms with Crippen LogP contribution in [0, 0.1) is 0 Å². The molecule has 98 valence electrons. The van der Waals surface area contributed by atoms with Gasteiger partial charge in [0.05, 0.1) is 29.5 Å². The summed E-state index contributed by atoms with van der Waals surface area (Å²) in [6, 6.07) is 0. The summed E-state index contributed by atoms with van der Waals surface area (Å²) in [7, 11) is 3.76. The van der Waals surface area contributed by atoms with Crippen LogP contribution in [0.5, 0.6) is 0 Å². The van der Waals surface area contributed by atoms with Crippen molar-refractivity contribution in [2.45, 2.75) is 26.4 Å². The van der Waals surface area contributed by atoms with E-state index in [0.717, 1.165) is 28.7 Å². The van der Waals surface area contributed by atoms with E-state index in [2.05, 4.69) is 20.5 Å². The molecule has 6 nitrogen and oxygen atoms in total. The van der Waals surface area contributed by atoms with Crippen LogP contribution in [-0.4, -0.2) is 31.6 Å². The van der Waals surface area contributed by atoms with Crippen LogP contribution in [-0.2, 0) is 26.6 Å². The van der Waals surface area contributed by atoms with Crippen LogP contribution in [0.1, 0.15) is 24.1 Å².